The number of aliphatic hydroxyl groups excluding tert-OH is 1. The van der Waals surface area contributed by atoms with E-state index in [2.05, 4.69) is 10.3 Å². The molecule has 1 aromatic heterocycles. The molecule has 1 saturated carbocycles. The Morgan fingerprint density at radius 3 is 2.43 bits per heavy atom. The summed E-state index contributed by atoms with van der Waals surface area (Å²) in [6, 6.07) is 7.31. The van der Waals surface area contributed by atoms with E-state index in [0.717, 1.165) is 44.4 Å². The van der Waals surface area contributed by atoms with Crippen molar-refractivity contribution in [3.8, 4) is 11.1 Å². The van der Waals surface area contributed by atoms with Crippen molar-refractivity contribution >= 4 is 11.7 Å². The first-order valence-corrected chi connectivity index (χ1v) is 10.7. The lowest BCUT2D eigenvalue weighted by Crippen LogP contribution is -2.49. The van der Waals surface area contributed by atoms with Crippen LogP contribution in [0.15, 0.2) is 36.5 Å². The first kappa shape index (κ1) is 20.9. The molecule has 1 aliphatic carbocycles. The number of rotatable bonds is 4. The number of hydrogen-bond acceptors (Lipinski definition) is 4. The molecule has 7 heteroatoms. The van der Waals surface area contributed by atoms with Crippen molar-refractivity contribution in [3.63, 3.8) is 0 Å². The molecular formula is C23H27F2N3O2. The van der Waals surface area contributed by atoms with Crippen LogP contribution in [0.5, 0.6) is 0 Å². The van der Waals surface area contributed by atoms with Crippen molar-refractivity contribution in [2.24, 2.45) is 5.92 Å². The van der Waals surface area contributed by atoms with Crippen molar-refractivity contribution in [2.75, 3.05) is 18.0 Å². The summed E-state index contributed by atoms with van der Waals surface area (Å²) in [6.45, 7) is 1.60. The number of carbonyl (C=O) groups excluding carboxylic acids is 1. The van der Waals surface area contributed by atoms with Crippen molar-refractivity contribution in [1.29, 1.82) is 0 Å². The maximum Gasteiger partial charge on any atom is 0.232 e. The Balaban J connectivity index is 1.60. The normalized spacial score (nSPS) is 24.4. The molecule has 0 spiro atoms. The zero-order valence-corrected chi connectivity index (χ0v) is 16.9. The molecule has 1 atom stereocenters. The van der Waals surface area contributed by atoms with Crippen LogP contribution in [0.1, 0.15) is 38.5 Å². The summed E-state index contributed by atoms with van der Waals surface area (Å²) in [5.41, 5.74) is 1.19. The van der Waals surface area contributed by atoms with Gasteiger partial charge < -0.3 is 10.4 Å². The van der Waals surface area contributed by atoms with Crippen molar-refractivity contribution in [3.05, 3.63) is 48.2 Å². The zero-order chi connectivity index (χ0) is 21.1. The van der Waals surface area contributed by atoms with Gasteiger partial charge in [0.1, 0.15) is 5.82 Å². The van der Waals surface area contributed by atoms with Gasteiger partial charge in [-0.1, -0.05) is 6.07 Å². The van der Waals surface area contributed by atoms with Gasteiger partial charge in [0.2, 0.25) is 5.91 Å². The van der Waals surface area contributed by atoms with Crippen LogP contribution in [0.25, 0.3) is 11.1 Å². The van der Waals surface area contributed by atoms with E-state index in [1.165, 1.54) is 6.07 Å². The van der Waals surface area contributed by atoms with Gasteiger partial charge in [0, 0.05) is 24.3 Å². The van der Waals surface area contributed by atoms with Crippen LogP contribution in [0, 0.1) is 17.6 Å². The molecule has 2 heterocycles. The number of anilines is 1. The van der Waals surface area contributed by atoms with Gasteiger partial charge in [0.25, 0.3) is 0 Å². The number of halogens is 2. The summed E-state index contributed by atoms with van der Waals surface area (Å²) >= 11 is 0. The highest BCUT2D eigenvalue weighted by atomic mass is 19.2. The molecule has 0 unspecified atom stereocenters. The zero-order valence-electron chi connectivity index (χ0n) is 16.9. The third-order valence-electron chi connectivity index (χ3n) is 6.16. The second-order valence-corrected chi connectivity index (χ2v) is 8.25. The first-order chi connectivity index (χ1) is 14.5. The van der Waals surface area contributed by atoms with Crippen LogP contribution < -0.4 is 10.2 Å². The Morgan fingerprint density at radius 2 is 1.80 bits per heavy atom. The predicted molar refractivity (Wildman–Crippen MR) is 111 cm³/mol. The first-order valence-electron chi connectivity index (χ1n) is 10.7. The minimum Gasteiger partial charge on any atom is -0.393 e. The van der Waals surface area contributed by atoms with Gasteiger partial charge in [0.15, 0.2) is 11.6 Å². The number of pyridine rings is 1. The Labute approximate surface area is 175 Å². The molecule has 1 aliphatic heterocycles. The fourth-order valence-electron chi connectivity index (χ4n) is 4.43. The minimum absolute atomic E-state index is 0.00411. The Morgan fingerprint density at radius 1 is 1.03 bits per heavy atom. The lowest BCUT2D eigenvalue weighted by Gasteiger charge is -2.37. The largest absolute Gasteiger partial charge is 0.393 e. The molecule has 5 nitrogen and oxygen atoms in total. The average Bonchev–Trinajstić information content (AvgIpc) is 2.78. The molecule has 4 rings (SSSR count). The standard InChI is InChI=1S/C23H27F2N3O2/c24-20-9-3-15(12-21(20)25)16-4-10-22(27-14-16)28(18-5-7-19(29)8-6-18)23(30)17-2-1-11-26-13-17/h3-4,9-10,12,14,17-19,26,29H,1-2,5-8,11,13H2/t17-,18?,19?/m0/s1. The van der Waals surface area contributed by atoms with E-state index in [9.17, 15) is 18.7 Å². The van der Waals surface area contributed by atoms with Crippen molar-refractivity contribution < 1.29 is 18.7 Å². The second kappa shape index (κ2) is 9.18. The maximum atomic E-state index is 13.6. The monoisotopic (exact) mass is 415 g/mol. The summed E-state index contributed by atoms with van der Waals surface area (Å²) in [7, 11) is 0. The van der Waals surface area contributed by atoms with E-state index in [0.29, 0.717) is 36.3 Å². The number of aromatic nitrogens is 1. The minimum atomic E-state index is -0.904. The SMILES string of the molecule is O=C([C@H]1CCCNC1)N(c1ccc(-c2ccc(F)c(F)c2)cn1)C1CCC(O)CC1. The fourth-order valence-corrected chi connectivity index (χ4v) is 4.43. The highest BCUT2D eigenvalue weighted by Crippen LogP contribution is 2.30. The highest BCUT2D eigenvalue weighted by molar-refractivity contribution is 5.95. The van der Waals surface area contributed by atoms with Gasteiger partial charge >= 0.3 is 0 Å². The number of aliphatic hydroxyl groups is 1. The van der Waals surface area contributed by atoms with Crippen LogP contribution >= 0.6 is 0 Å². The van der Waals surface area contributed by atoms with Crippen LogP contribution in [0.2, 0.25) is 0 Å². The van der Waals surface area contributed by atoms with E-state index in [1.54, 1.807) is 23.2 Å². The summed E-state index contributed by atoms with van der Waals surface area (Å²) in [4.78, 5) is 19.7. The molecule has 2 N–H and O–H groups in total. The molecule has 2 aromatic rings. The van der Waals surface area contributed by atoms with E-state index >= 15 is 0 Å². The summed E-state index contributed by atoms with van der Waals surface area (Å²) < 4.78 is 26.8. The lowest BCUT2D eigenvalue weighted by molar-refractivity contribution is -0.123. The molecular weight excluding hydrogens is 388 g/mol. The van der Waals surface area contributed by atoms with Gasteiger partial charge in [-0.3, -0.25) is 9.69 Å². The topological polar surface area (TPSA) is 65.5 Å². The van der Waals surface area contributed by atoms with Crippen LogP contribution in [0.4, 0.5) is 14.6 Å². The third-order valence-corrected chi connectivity index (χ3v) is 6.16. The quantitative estimate of drug-likeness (QED) is 0.800. The fraction of sp³-hybridized carbons (Fsp3) is 0.478. The average molecular weight is 415 g/mol. The molecule has 2 fully saturated rings. The molecule has 1 saturated heterocycles. The highest BCUT2D eigenvalue weighted by Gasteiger charge is 2.34. The van der Waals surface area contributed by atoms with Crippen LogP contribution in [0.3, 0.4) is 0 Å². The number of amides is 1. The van der Waals surface area contributed by atoms with E-state index in [-0.39, 0.29) is 24.0 Å². The molecule has 30 heavy (non-hydrogen) atoms. The van der Waals surface area contributed by atoms with Crippen molar-refractivity contribution in [2.45, 2.75) is 50.7 Å². The predicted octanol–water partition coefficient (Wildman–Crippen LogP) is 3.66. The summed E-state index contributed by atoms with van der Waals surface area (Å²) in [6.07, 6.45) is 5.92. The molecule has 0 radical (unpaired) electrons. The number of piperidine rings is 1. The Kier molecular flexibility index (Phi) is 6.39. The molecule has 1 aromatic carbocycles. The summed E-state index contributed by atoms with van der Waals surface area (Å²) in [5, 5.41) is 13.2. The lowest BCUT2D eigenvalue weighted by atomic mass is 9.90. The van der Waals surface area contributed by atoms with Crippen LogP contribution in [-0.4, -0.2) is 41.2 Å². The number of hydrogen-bond donors (Lipinski definition) is 2. The van der Waals surface area contributed by atoms with Crippen LogP contribution in [-0.2, 0) is 4.79 Å². The number of nitrogens with one attached hydrogen (secondary N) is 1. The van der Waals surface area contributed by atoms with Gasteiger partial charge in [-0.05, 0) is 74.9 Å². The third kappa shape index (κ3) is 4.52. The van der Waals surface area contributed by atoms with E-state index in [4.69, 9.17) is 0 Å². The molecule has 2 aliphatic rings. The summed E-state index contributed by atoms with van der Waals surface area (Å²) in [5.74, 6) is -1.24. The van der Waals surface area contributed by atoms with E-state index < -0.39 is 11.6 Å². The number of nitrogens with zero attached hydrogens (tertiary/aromatic N) is 2. The van der Waals surface area contributed by atoms with Gasteiger partial charge in [0.05, 0.1) is 12.0 Å². The number of benzene rings is 1. The van der Waals surface area contributed by atoms with E-state index in [1.807, 2.05) is 0 Å². The second-order valence-electron chi connectivity index (χ2n) is 8.25. The molecule has 0 bridgehead atoms. The molecule has 1 amide bonds. The van der Waals surface area contributed by atoms with Crippen molar-refractivity contribution in [1.82, 2.24) is 10.3 Å². The van der Waals surface area contributed by atoms with Gasteiger partial charge in [-0.15, -0.1) is 0 Å². The Hall–Kier alpha value is -2.38. The Bertz CT molecular complexity index is 877. The van der Waals surface area contributed by atoms with Gasteiger partial charge in [-0.2, -0.15) is 0 Å². The molecule has 160 valence electrons. The van der Waals surface area contributed by atoms with Gasteiger partial charge in [-0.25, -0.2) is 13.8 Å². The smallest absolute Gasteiger partial charge is 0.232 e. The number of carbonyl (C=O) groups is 1. The maximum absolute atomic E-state index is 13.6.